The van der Waals surface area contributed by atoms with Crippen LogP contribution in [0.4, 0.5) is 10.5 Å². The van der Waals surface area contributed by atoms with Crippen molar-refractivity contribution >= 4 is 17.7 Å². The summed E-state index contributed by atoms with van der Waals surface area (Å²) < 4.78 is 10.1. The van der Waals surface area contributed by atoms with Crippen LogP contribution in [0.3, 0.4) is 0 Å². The Labute approximate surface area is 116 Å². The number of hydrogen-bond acceptors (Lipinski definition) is 4. The van der Waals surface area contributed by atoms with Gasteiger partial charge in [-0.25, -0.2) is 9.59 Å². The summed E-state index contributed by atoms with van der Waals surface area (Å²) in [5, 5.41) is 13.8. The number of carboxylic acid groups (broad SMARTS) is 1. The monoisotopic (exact) mass is 282 g/mol. The van der Waals surface area contributed by atoms with E-state index in [2.05, 4.69) is 10.6 Å². The molecule has 7 heteroatoms. The van der Waals surface area contributed by atoms with Crippen molar-refractivity contribution in [2.24, 2.45) is 0 Å². The number of benzene rings is 1. The van der Waals surface area contributed by atoms with Crippen LogP contribution < -0.4 is 15.4 Å². The van der Waals surface area contributed by atoms with Crippen LogP contribution >= 0.6 is 0 Å². The molecule has 0 bridgehead atoms. The minimum atomic E-state index is -1.14. The lowest BCUT2D eigenvalue weighted by Crippen LogP contribution is -2.39. The zero-order valence-corrected chi connectivity index (χ0v) is 11.4. The number of rotatable bonds is 7. The highest BCUT2D eigenvalue weighted by Gasteiger charge is 2.17. The number of urea groups is 1. The fraction of sp³-hybridized carbons (Fsp3) is 0.385. The number of para-hydroxylation sites is 2. The van der Waals surface area contributed by atoms with Crippen LogP contribution in [0.2, 0.25) is 0 Å². The smallest absolute Gasteiger partial charge is 0.334 e. The Kier molecular flexibility index (Phi) is 6.31. The molecule has 7 nitrogen and oxygen atoms in total. The predicted octanol–water partition coefficient (Wildman–Crippen LogP) is 1.31. The Morgan fingerprint density at radius 3 is 2.65 bits per heavy atom. The molecule has 1 rings (SSSR count). The molecule has 0 heterocycles. The van der Waals surface area contributed by atoms with E-state index in [4.69, 9.17) is 14.6 Å². The van der Waals surface area contributed by atoms with E-state index >= 15 is 0 Å². The molecule has 0 saturated heterocycles. The molecule has 1 aromatic rings. The Balaban J connectivity index is 2.56. The summed E-state index contributed by atoms with van der Waals surface area (Å²) in [6.45, 7) is 2.19. The molecular formula is C13H18N2O5. The number of carboxylic acids is 1. The average Bonchev–Trinajstić information content (AvgIpc) is 2.41. The molecule has 1 aromatic carbocycles. The molecule has 0 aliphatic rings. The SMILES string of the molecule is CCOc1ccccc1NC(=O)NCC(OC)C(=O)O. The maximum Gasteiger partial charge on any atom is 0.334 e. The maximum atomic E-state index is 11.7. The Morgan fingerprint density at radius 1 is 1.35 bits per heavy atom. The highest BCUT2D eigenvalue weighted by atomic mass is 16.5. The van der Waals surface area contributed by atoms with Gasteiger partial charge in [0.2, 0.25) is 0 Å². The average molecular weight is 282 g/mol. The fourth-order valence-corrected chi connectivity index (χ4v) is 1.47. The zero-order chi connectivity index (χ0) is 15.0. The molecule has 0 radical (unpaired) electrons. The normalized spacial score (nSPS) is 11.5. The summed E-state index contributed by atoms with van der Waals surface area (Å²) in [6.07, 6.45) is -1.08. The molecule has 0 spiro atoms. The minimum Gasteiger partial charge on any atom is -0.492 e. The van der Waals surface area contributed by atoms with Gasteiger partial charge in [-0.15, -0.1) is 0 Å². The summed E-state index contributed by atoms with van der Waals surface area (Å²) in [4.78, 5) is 22.4. The second kappa shape index (κ2) is 8.00. The predicted molar refractivity (Wildman–Crippen MR) is 73.1 cm³/mol. The minimum absolute atomic E-state index is 0.130. The zero-order valence-electron chi connectivity index (χ0n) is 11.4. The standard InChI is InChI=1S/C13H18N2O5/c1-3-20-10-7-5-4-6-9(10)15-13(18)14-8-11(19-2)12(16)17/h4-7,11H,3,8H2,1-2H3,(H,16,17)(H2,14,15,18). The van der Waals surface area contributed by atoms with Crippen LogP contribution in [0.1, 0.15) is 6.92 Å². The highest BCUT2D eigenvalue weighted by molar-refractivity contribution is 5.91. The van der Waals surface area contributed by atoms with Crippen molar-refractivity contribution in [1.29, 1.82) is 0 Å². The number of methoxy groups -OCH3 is 1. The van der Waals surface area contributed by atoms with Crippen molar-refractivity contribution in [2.75, 3.05) is 25.6 Å². The molecule has 0 aliphatic heterocycles. The van der Waals surface area contributed by atoms with Gasteiger partial charge in [-0.05, 0) is 19.1 Å². The number of amides is 2. The fourth-order valence-electron chi connectivity index (χ4n) is 1.47. The van der Waals surface area contributed by atoms with Gasteiger partial charge in [0.25, 0.3) is 0 Å². The first kappa shape index (κ1) is 15.8. The third-order valence-electron chi connectivity index (χ3n) is 2.44. The Hall–Kier alpha value is -2.28. The Bertz CT molecular complexity index is 464. The number of carbonyl (C=O) groups is 2. The summed E-state index contributed by atoms with van der Waals surface area (Å²) in [5.41, 5.74) is 0.510. The molecule has 3 N–H and O–H groups in total. The number of anilines is 1. The quantitative estimate of drug-likeness (QED) is 0.700. The van der Waals surface area contributed by atoms with Crippen molar-refractivity contribution in [3.05, 3.63) is 24.3 Å². The number of nitrogens with one attached hydrogen (secondary N) is 2. The molecule has 110 valence electrons. The molecule has 0 aromatic heterocycles. The van der Waals surface area contributed by atoms with E-state index in [0.29, 0.717) is 18.0 Å². The van der Waals surface area contributed by atoms with Crippen LogP contribution in [0.15, 0.2) is 24.3 Å². The van der Waals surface area contributed by atoms with E-state index in [0.717, 1.165) is 0 Å². The maximum absolute atomic E-state index is 11.7. The molecule has 1 unspecified atom stereocenters. The van der Waals surface area contributed by atoms with E-state index in [1.165, 1.54) is 7.11 Å². The molecule has 0 aliphatic carbocycles. The molecule has 1 atom stereocenters. The largest absolute Gasteiger partial charge is 0.492 e. The lowest BCUT2D eigenvalue weighted by Gasteiger charge is -2.14. The van der Waals surface area contributed by atoms with Crippen LogP contribution in [0, 0.1) is 0 Å². The van der Waals surface area contributed by atoms with Gasteiger partial charge < -0.3 is 25.2 Å². The van der Waals surface area contributed by atoms with Gasteiger partial charge >= 0.3 is 12.0 Å². The van der Waals surface area contributed by atoms with Crippen molar-refractivity contribution in [2.45, 2.75) is 13.0 Å². The third kappa shape index (κ3) is 4.77. The first-order valence-corrected chi connectivity index (χ1v) is 6.10. The van der Waals surface area contributed by atoms with Gasteiger partial charge in [0.1, 0.15) is 5.75 Å². The van der Waals surface area contributed by atoms with E-state index in [1.54, 1.807) is 24.3 Å². The topological polar surface area (TPSA) is 96.9 Å². The van der Waals surface area contributed by atoms with Crippen molar-refractivity contribution in [3.63, 3.8) is 0 Å². The highest BCUT2D eigenvalue weighted by Crippen LogP contribution is 2.23. The summed E-state index contributed by atoms with van der Waals surface area (Å²) in [6, 6.07) is 6.44. The first-order chi connectivity index (χ1) is 9.58. The van der Waals surface area contributed by atoms with Gasteiger partial charge in [-0.1, -0.05) is 12.1 Å². The van der Waals surface area contributed by atoms with Crippen LogP contribution in [0.5, 0.6) is 5.75 Å². The molecular weight excluding hydrogens is 264 g/mol. The summed E-state index contributed by atoms with van der Waals surface area (Å²) in [7, 11) is 1.27. The van der Waals surface area contributed by atoms with Crippen LogP contribution in [-0.4, -0.2) is 43.5 Å². The van der Waals surface area contributed by atoms with Gasteiger partial charge in [-0.3, -0.25) is 0 Å². The van der Waals surface area contributed by atoms with Crippen molar-refractivity contribution in [1.82, 2.24) is 5.32 Å². The van der Waals surface area contributed by atoms with Gasteiger partial charge in [0.05, 0.1) is 18.8 Å². The molecule has 0 saturated carbocycles. The second-order valence-corrected chi connectivity index (χ2v) is 3.83. The number of carbonyl (C=O) groups excluding carboxylic acids is 1. The van der Waals surface area contributed by atoms with E-state index < -0.39 is 18.1 Å². The van der Waals surface area contributed by atoms with Crippen molar-refractivity contribution < 1.29 is 24.2 Å². The number of ether oxygens (including phenoxy) is 2. The van der Waals surface area contributed by atoms with Crippen LogP contribution in [0.25, 0.3) is 0 Å². The lowest BCUT2D eigenvalue weighted by molar-refractivity contribution is -0.147. The summed E-state index contributed by atoms with van der Waals surface area (Å²) >= 11 is 0. The van der Waals surface area contributed by atoms with E-state index in [-0.39, 0.29) is 6.54 Å². The van der Waals surface area contributed by atoms with Crippen LogP contribution in [-0.2, 0) is 9.53 Å². The van der Waals surface area contributed by atoms with E-state index in [9.17, 15) is 9.59 Å². The van der Waals surface area contributed by atoms with Gasteiger partial charge in [0.15, 0.2) is 6.10 Å². The summed E-state index contributed by atoms with van der Waals surface area (Å²) in [5.74, 6) is -0.589. The second-order valence-electron chi connectivity index (χ2n) is 3.83. The van der Waals surface area contributed by atoms with Crippen molar-refractivity contribution in [3.8, 4) is 5.75 Å². The lowest BCUT2D eigenvalue weighted by atomic mass is 10.3. The van der Waals surface area contributed by atoms with Gasteiger partial charge in [-0.2, -0.15) is 0 Å². The number of aliphatic carboxylic acids is 1. The van der Waals surface area contributed by atoms with E-state index in [1.807, 2.05) is 6.92 Å². The first-order valence-electron chi connectivity index (χ1n) is 6.10. The third-order valence-corrected chi connectivity index (χ3v) is 2.44. The molecule has 2 amide bonds. The molecule has 0 fully saturated rings. The molecule has 20 heavy (non-hydrogen) atoms. The van der Waals surface area contributed by atoms with Gasteiger partial charge in [0, 0.05) is 7.11 Å². The Morgan fingerprint density at radius 2 is 2.05 bits per heavy atom. The number of hydrogen-bond donors (Lipinski definition) is 3.